The third kappa shape index (κ3) is 3.78. The Morgan fingerprint density at radius 1 is 1.38 bits per heavy atom. The summed E-state index contributed by atoms with van der Waals surface area (Å²) in [4.78, 5) is 21.1. The van der Waals surface area contributed by atoms with E-state index in [0.29, 0.717) is 16.4 Å². The number of amidine groups is 1. The molecular formula is C20H20F2N4O2S. The molecule has 0 radical (unpaired) electrons. The highest BCUT2D eigenvalue weighted by molar-refractivity contribution is 8.13. The minimum absolute atomic E-state index is 0.135. The first-order valence-corrected chi connectivity index (χ1v) is 10.2. The van der Waals surface area contributed by atoms with Crippen molar-refractivity contribution in [3.8, 4) is 5.75 Å². The Labute approximate surface area is 170 Å². The quantitative estimate of drug-likeness (QED) is 0.770. The van der Waals surface area contributed by atoms with E-state index in [9.17, 15) is 13.6 Å². The number of rotatable bonds is 5. The van der Waals surface area contributed by atoms with Crippen LogP contribution in [-0.4, -0.2) is 28.7 Å². The lowest BCUT2D eigenvalue weighted by molar-refractivity contribution is 0.102. The van der Waals surface area contributed by atoms with E-state index in [1.165, 1.54) is 42.2 Å². The van der Waals surface area contributed by atoms with Crippen LogP contribution >= 0.6 is 11.8 Å². The second-order valence-electron chi connectivity index (χ2n) is 7.06. The molecule has 1 aliphatic heterocycles. The molecule has 0 spiro atoms. The molecule has 1 amide bonds. The number of pyridine rings is 1. The molecule has 29 heavy (non-hydrogen) atoms. The molecule has 2 aromatic rings. The zero-order valence-electron chi connectivity index (χ0n) is 15.5. The largest absolute Gasteiger partial charge is 0.461 e. The van der Waals surface area contributed by atoms with Crippen LogP contribution in [0.1, 0.15) is 35.3 Å². The predicted molar refractivity (Wildman–Crippen MR) is 108 cm³/mol. The molecule has 2 aliphatic rings. The first-order valence-electron chi connectivity index (χ1n) is 9.26. The first-order chi connectivity index (χ1) is 14.0. The molecule has 9 heteroatoms. The number of nitrogens with one attached hydrogen (secondary N) is 1. The van der Waals surface area contributed by atoms with Crippen LogP contribution in [0.25, 0.3) is 0 Å². The van der Waals surface area contributed by atoms with E-state index in [0.717, 1.165) is 25.0 Å². The number of benzene rings is 1. The second kappa shape index (κ2) is 7.98. The number of carbonyl (C=O) groups excluding carboxylic acids is 1. The summed E-state index contributed by atoms with van der Waals surface area (Å²) >= 11 is 1.50. The van der Waals surface area contributed by atoms with Gasteiger partial charge in [0.2, 0.25) is 6.86 Å². The van der Waals surface area contributed by atoms with E-state index < -0.39 is 18.3 Å². The van der Waals surface area contributed by atoms with Crippen LogP contribution in [0.2, 0.25) is 0 Å². The highest BCUT2D eigenvalue weighted by atomic mass is 32.2. The van der Waals surface area contributed by atoms with Crippen molar-refractivity contribution in [1.29, 1.82) is 0 Å². The van der Waals surface area contributed by atoms with Gasteiger partial charge in [0, 0.05) is 17.0 Å². The van der Waals surface area contributed by atoms with Crippen LogP contribution < -0.4 is 15.8 Å². The summed E-state index contributed by atoms with van der Waals surface area (Å²) in [6.07, 6.45) is 3.92. The monoisotopic (exact) mass is 418 g/mol. The topological polar surface area (TPSA) is 89.6 Å². The minimum Gasteiger partial charge on any atom is -0.461 e. The fraction of sp³-hybridized carbons (Fsp3) is 0.350. The Kier molecular flexibility index (Phi) is 5.40. The SMILES string of the molecule is NC1=N[C@@]2(c3cc(NC(=O)c4ccc(OCF)cn4)ccc3F)CCC[C@H]2CS1. The van der Waals surface area contributed by atoms with Crippen LogP contribution in [-0.2, 0) is 5.54 Å². The van der Waals surface area contributed by atoms with Crippen LogP contribution in [0.3, 0.4) is 0 Å². The smallest absolute Gasteiger partial charge is 0.274 e. The van der Waals surface area contributed by atoms with Gasteiger partial charge in [-0.2, -0.15) is 0 Å². The molecule has 1 aromatic heterocycles. The standard InChI is InChI=1S/C20H20F2N4O2S/c21-11-28-14-4-6-17(24-9-14)18(27)25-13-3-5-16(22)15(8-13)20-7-1-2-12(20)10-29-19(23)26-20/h3-6,8-9,12H,1-2,7,10-11H2,(H2,23,26)(H,25,27)/t12-,20-/m0/s1. The molecule has 6 nitrogen and oxygen atoms in total. The van der Waals surface area contributed by atoms with Gasteiger partial charge in [-0.3, -0.25) is 9.79 Å². The Morgan fingerprint density at radius 2 is 2.24 bits per heavy atom. The number of carbonyl (C=O) groups is 1. The van der Waals surface area contributed by atoms with E-state index in [2.05, 4.69) is 20.0 Å². The lowest BCUT2D eigenvalue weighted by atomic mass is 9.81. The molecule has 0 bridgehead atoms. The number of thioether (sulfide) groups is 1. The Morgan fingerprint density at radius 3 is 3.00 bits per heavy atom. The van der Waals surface area contributed by atoms with Crippen molar-refractivity contribution in [3.63, 3.8) is 0 Å². The molecule has 0 unspecified atom stereocenters. The number of nitrogens with two attached hydrogens (primary N) is 1. The summed E-state index contributed by atoms with van der Waals surface area (Å²) < 4.78 is 31.7. The lowest BCUT2D eigenvalue weighted by Gasteiger charge is -2.36. The summed E-state index contributed by atoms with van der Waals surface area (Å²) in [5, 5.41) is 3.21. The minimum atomic E-state index is -0.972. The van der Waals surface area contributed by atoms with Crippen LogP contribution in [0.5, 0.6) is 5.75 Å². The van der Waals surface area contributed by atoms with E-state index in [1.807, 2.05) is 0 Å². The average Bonchev–Trinajstić information content (AvgIpc) is 3.14. The van der Waals surface area contributed by atoms with Gasteiger partial charge in [-0.15, -0.1) is 0 Å². The zero-order chi connectivity index (χ0) is 20.4. The van der Waals surface area contributed by atoms with Gasteiger partial charge in [-0.05, 0) is 49.1 Å². The average molecular weight is 418 g/mol. The van der Waals surface area contributed by atoms with Gasteiger partial charge in [0.15, 0.2) is 5.17 Å². The Bertz CT molecular complexity index is 954. The molecule has 1 fully saturated rings. The molecule has 1 saturated carbocycles. The van der Waals surface area contributed by atoms with E-state index in [4.69, 9.17) is 5.73 Å². The summed E-state index contributed by atoms with van der Waals surface area (Å²) in [6, 6.07) is 7.37. The van der Waals surface area contributed by atoms with E-state index >= 15 is 0 Å². The van der Waals surface area contributed by atoms with Crippen LogP contribution in [0, 0.1) is 11.7 Å². The molecule has 3 N–H and O–H groups in total. The second-order valence-corrected chi connectivity index (χ2v) is 8.10. The fourth-order valence-electron chi connectivity index (χ4n) is 4.05. The van der Waals surface area contributed by atoms with E-state index in [-0.39, 0.29) is 23.2 Å². The third-order valence-corrected chi connectivity index (χ3v) is 6.36. The van der Waals surface area contributed by atoms with Gasteiger partial charge < -0.3 is 15.8 Å². The number of halogens is 2. The normalized spacial score (nSPS) is 23.2. The third-order valence-electron chi connectivity index (χ3n) is 5.41. The molecule has 152 valence electrons. The summed E-state index contributed by atoms with van der Waals surface area (Å²) in [6.45, 7) is -0.972. The van der Waals surface area contributed by atoms with Crippen molar-refractivity contribution in [2.45, 2.75) is 24.8 Å². The fourth-order valence-corrected chi connectivity index (χ4v) is 5.09. The highest BCUT2D eigenvalue weighted by Crippen LogP contribution is 2.51. The van der Waals surface area contributed by atoms with Gasteiger partial charge in [0.05, 0.1) is 11.7 Å². The molecule has 1 aromatic carbocycles. The number of hydrogen-bond acceptors (Lipinski definition) is 6. The van der Waals surface area contributed by atoms with E-state index in [1.54, 1.807) is 6.07 Å². The molecule has 1 aliphatic carbocycles. The molecule has 4 rings (SSSR count). The Hall–Kier alpha value is -2.68. The van der Waals surface area contributed by atoms with Gasteiger partial charge in [-0.1, -0.05) is 18.2 Å². The van der Waals surface area contributed by atoms with Gasteiger partial charge >= 0.3 is 0 Å². The number of aliphatic imine (C=N–C) groups is 1. The predicted octanol–water partition coefficient (Wildman–Crippen LogP) is 3.84. The van der Waals surface area contributed by atoms with Crippen LogP contribution in [0.15, 0.2) is 41.5 Å². The number of aromatic nitrogens is 1. The van der Waals surface area contributed by atoms with Crippen molar-refractivity contribution in [2.75, 3.05) is 17.9 Å². The maximum Gasteiger partial charge on any atom is 0.274 e. The molecule has 0 saturated heterocycles. The maximum absolute atomic E-state index is 14.8. The summed E-state index contributed by atoms with van der Waals surface area (Å²) in [5.74, 6) is 0.430. The number of hydrogen-bond donors (Lipinski definition) is 2. The first kappa shape index (κ1) is 19.6. The highest BCUT2D eigenvalue weighted by Gasteiger charge is 2.48. The number of anilines is 1. The number of fused-ring (bicyclic) bond motifs is 1. The van der Waals surface area contributed by atoms with Gasteiger partial charge in [-0.25, -0.2) is 13.8 Å². The lowest BCUT2D eigenvalue weighted by Crippen LogP contribution is -2.37. The number of ether oxygens (including phenoxy) is 1. The number of nitrogens with zero attached hydrogens (tertiary/aromatic N) is 2. The maximum atomic E-state index is 14.8. The molecule has 2 heterocycles. The van der Waals surface area contributed by atoms with Crippen molar-refractivity contribution < 1.29 is 18.3 Å². The number of alkyl halides is 1. The zero-order valence-corrected chi connectivity index (χ0v) is 16.3. The van der Waals surface area contributed by atoms with Gasteiger partial charge in [0.25, 0.3) is 5.91 Å². The molecular weight excluding hydrogens is 398 g/mol. The van der Waals surface area contributed by atoms with Gasteiger partial charge in [0.1, 0.15) is 17.3 Å². The molecule has 2 atom stereocenters. The van der Waals surface area contributed by atoms with Crippen LogP contribution in [0.4, 0.5) is 14.5 Å². The van der Waals surface area contributed by atoms with Crippen molar-refractivity contribution in [3.05, 3.63) is 53.6 Å². The van der Waals surface area contributed by atoms with Crippen molar-refractivity contribution >= 4 is 28.5 Å². The summed E-state index contributed by atoms with van der Waals surface area (Å²) in [7, 11) is 0. The Balaban J connectivity index is 1.60. The summed E-state index contributed by atoms with van der Waals surface area (Å²) in [5.41, 5.74) is 6.34. The van der Waals surface area contributed by atoms with Crippen molar-refractivity contribution in [1.82, 2.24) is 4.98 Å². The number of amides is 1. The van der Waals surface area contributed by atoms with Crippen molar-refractivity contribution in [2.24, 2.45) is 16.6 Å².